The smallest absolute Gasteiger partial charge is 0.373 e. The summed E-state index contributed by atoms with van der Waals surface area (Å²) in [6, 6.07) is 0. The molecule has 1 heterocycles. The van der Waals surface area contributed by atoms with Gasteiger partial charge in [-0.25, -0.2) is 4.79 Å². The van der Waals surface area contributed by atoms with Crippen LogP contribution in [0, 0.1) is 0 Å². The zero-order chi connectivity index (χ0) is 10.7. The molecule has 0 bridgehead atoms. The van der Waals surface area contributed by atoms with Crippen molar-refractivity contribution in [2.45, 2.75) is 18.3 Å². The van der Waals surface area contributed by atoms with Crippen molar-refractivity contribution in [2.24, 2.45) is 0 Å². The van der Waals surface area contributed by atoms with E-state index in [0.717, 1.165) is 6.08 Å². The van der Waals surface area contributed by atoms with Crippen molar-refractivity contribution >= 4 is 5.97 Å². The molecule has 0 aromatic rings. The van der Waals surface area contributed by atoms with Crippen LogP contribution >= 0.6 is 0 Å². The summed E-state index contributed by atoms with van der Waals surface area (Å²) in [5.41, 5.74) is 0. The minimum absolute atomic E-state index is 0.155. The highest BCUT2D eigenvalue weighted by Crippen LogP contribution is 2.21. The van der Waals surface area contributed by atoms with Gasteiger partial charge in [0.2, 0.25) is 5.76 Å². The average molecular weight is 204 g/mol. The Labute approximate surface area is 80.4 Å². The molecule has 3 atom stereocenters. The first kappa shape index (κ1) is 11.0. The van der Waals surface area contributed by atoms with Gasteiger partial charge in [0.25, 0.3) is 0 Å². The van der Waals surface area contributed by atoms with E-state index in [2.05, 4.69) is 4.74 Å². The second-order valence-corrected chi connectivity index (χ2v) is 2.85. The second kappa shape index (κ2) is 4.41. The topological polar surface area (TPSA) is 96.2 Å². The summed E-state index contributed by atoms with van der Waals surface area (Å²) in [5.74, 6) is -0.880. The van der Waals surface area contributed by atoms with Gasteiger partial charge in [-0.05, 0) is 6.08 Å². The highest BCUT2D eigenvalue weighted by molar-refractivity contribution is 5.86. The maximum atomic E-state index is 10.9. The second-order valence-electron chi connectivity index (χ2n) is 2.85. The molecular weight excluding hydrogens is 192 g/mol. The van der Waals surface area contributed by atoms with E-state index in [9.17, 15) is 15.0 Å². The van der Waals surface area contributed by atoms with Gasteiger partial charge in [0, 0.05) is 0 Å². The molecule has 0 spiro atoms. The molecule has 0 aromatic heterocycles. The third kappa shape index (κ3) is 2.03. The summed E-state index contributed by atoms with van der Waals surface area (Å²) in [6.45, 7) is -0.552. The Balaban J connectivity index is 2.63. The molecule has 0 unspecified atom stereocenters. The molecule has 1 aliphatic rings. The van der Waals surface area contributed by atoms with Crippen LogP contribution in [0.3, 0.4) is 0 Å². The minimum atomic E-state index is -1.23. The van der Waals surface area contributed by atoms with E-state index in [1.54, 1.807) is 0 Å². The zero-order valence-electron chi connectivity index (χ0n) is 7.58. The van der Waals surface area contributed by atoms with E-state index in [-0.39, 0.29) is 5.76 Å². The van der Waals surface area contributed by atoms with Crippen LogP contribution in [0.2, 0.25) is 0 Å². The quantitative estimate of drug-likeness (QED) is 0.467. The van der Waals surface area contributed by atoms with E-state index in [0.29, 0.717) is 0 Å². The van der Waals surface area contributed by atoms with Gasteiger partial charge in [-0.15, -0.1) is 0 Å². The van der Waals surface area contributed by atoms with E-state index in [1.807, 2.05) is 0 Å². The number of ether oxygens (including phenoxy) is 2. The van der Waals surface area contributed by atoms with E-state index in [4.69, 9.17) is 9.84 Å². The Bertz CT molecular complexity index is 248. The summed E-state index contributed by atoms with van der Waals surface area (Å²) >= 11 is 0. The van der Waals surface area contributed by atoms with Gasteiger partial charge in [-0.3, -0.25) is 0 Å². The lowest BCUT2D eigenvalue weighted by Crippen LogP contribution is -2.37. The molecule has 80 valence electrons. The van der Waals surface area contributed by atoms with Crippen LogP contribution in [0.15, 0.2) is 11.8 Å². The lowest BCUT2D eigenvalue weighted by Gasteiger charge is -2.19. The van der Waals surface area contributed by atoms with Crippen molar-refractivity contribution in [1.29, 1.82) is 0 Å². The van der Waals surface area contributed by atoms with Gasteiger partial charge in [0.15, 0.2) is 6.10 Å². The lowest BCUT2D eigenvalue weighted by atomic mass is 10.1. The lowest BCUT2D eigenvalue weighted by molar-refractivity contribution is -0.142. The largest absolute Gasteiger partial charge is 0.477 e. The first-order valence-corrected chi connectivity index (χ1v) is 4.04. The predicted molar refractivity (Wildman–Crippen MR) is 44.1 cm³/mol. The Hall–Kier alpha value is -1.11. The first-order valence-electron chi connectivity index (χ1n) is 4.04. The van der Waals surface area contributed by atoms with Gasteiger partial charge < -0.3 is 24.8 Å². The maximum absolute atomic E-state index is 10.9. The fourth-order valence-electron chi connectivity index (χ4n) is 1.13. The standard InChI is InChI=1S/C8H12O6/c1-13-8(12)6-2-4(10)7(14-6)5(11)3-9/h2,4-5,7,9-11H,3H2,1H3/t4-,5-,7-/m1/s1. The van der Waals surface area contributed by atoms with Crippen molar-refractivity contribution < 1.29 is 29.6 Å². The summed E-state index contributed by atoms with van der Waals surface area (Å²) in [5, 5.41) is 27.1. The summed E-state index contributed by atoms with van der Waals surface area (Å²) < 4.78 is 9.26. The molecule has 0 aromatic carbocycles. The van der Waals surface area contributed by atoms with Crippen LogP contribution in [0.4, 0.5) is 0 Å². The van der Waals surface area contributed by atoms with Gasteiger partial charge in [-0.1, -0.05) is 0 Å². The molecule has 0 saturated heterocycles. The third-order valence-electron chi connectivity index (χ3n) is 1.87. The molecule has 0 fully saturated rings. The number of carbonyl (C=O) groups excluding carboxylic acids is 1. The molecule has 6 heteroatoms. The van der Waals surface area contributed by atoms with Crippen molar-refractivity contribution in [2.75, 3.05) is 13.7 Å². The number of aliphatic hydroxyl groups excluding tert-OH is 3. The van der Waals surface area contributed by atoms with Crippen LogP contribution in [-0.2, 0) is 14.3 Å². The molecule has 1 aliphatic heterocycles. The first-order chi connectivity index (χ1) is 6.60. The molecule has 0 saturated carbocycles. The highest BCUT2D eigenvalue weighted by atomic mass is 16.6. The van der Waals surface area contributed by atoms with Crippen LogP contribution in [0.25, 0.3) is 0 Å². The van der Waals surface area contributed by atoms with Crippen LogP contribution < -0.4 is 0 Å². The van der Waals surface area contributed by atoms with E-state index in [1.165, 1.54) is 7.11 Å². The summed E-state index contributed by atoms with van der Waals surface area (Å²) in [7, 11) is 1.18. The zero-order valence-corrected chi connectivity index (χ0v) is 7.58. The minimum Gasteiger partial charge on any atom is -0.477 e. The fraction of sp³-hybridized carbons (Fsp3) is 0.625. The van der Waals surface area contributed by atoms with E-state index < -0.39 is 30.9 Å². The van der Waals surface area contributed by atoms with Crippen LogP contribution in [0.1, 0.15) is 0 Å². The Morgan fingerprint density at radius 3 is 2.93 bits per heavy atom. The number of aliphatic hydroxyl groups is 3. The highest BCUT2D eigenvalue weighted by Gasteiger charge is 2.36. The number of hydrogen-bond donors (Lipinski definition) is 3. The monoisotopic (exact) mass is 204 g/mol. The number of esters is 1. The fourth-order valence-corrected chi connectivity index (χ4v) is 1.13. The molecule has 0 radical (unpaired) electrons. The molecule has 6 nitrogen and oxygen atoms in total. The van der Waals surface area contributed by atoms with Crippen molar-refractivity contribution in [3.8, 4) is 0 Å². The van der Waals surface area contributed by atoms with Gasteiger partial charge in [0.1, 0.15) is 12.2 Å². The predicted octanol–water partition coefficient (Wildman–Crippen LogP) is -1.84. The van der Waals surface area contributed by atoms with Crippen LogP contribution in [-0.4, -0.2) is 53.3 Å². The van der Waals surface area contributed by atoms with Crippen LogP contribution in [0.5, 0.6) is 0 Å². The third-order valence-corrected chi connectivity index (χ3v) is 1.87. The van der Waals surface area contributed by atoms with Gasteiger partial charge in [-0.2, -0.15) is 0 Å². The number of hydrogen-bond acceptors (Lipinski definition) is 6. The number of rotatable bonds is 3. The molecule has 0 aliphatic carbocycles. The SMILES string of the molecule is COC(=O)C1=C[C@@H](O)[C@H]([C@H](O)CO)O1. The summed E-state index contributed by atoms with van der Waals surface area (Å²) in [4.78, 5) is 10.9. The van der Waals surface area contributed by atoms with Gasteiger partial charge >= 0.3 is 5.97 Å². The average Bonchev–Trinajstić information content (AvgIpc) is 2.58. The molecule has 14 heavy (non-hydrogen) atoms. The molecular formula is C8H12O6. The van der Waals surface area contributed by atoms with Crippen molar-refractivity contribution in [3.05, 3.63) is 11.8 Å². The van der Waals surface area contributed by atoms with Crippen molar-refractivity contribution in [3.63, 3.8) is 0 Å². The Morgan fingerprint density at radius 1 is 1.79 bits per heavy atom. The molecule has 1 rings (SSSR count). The normalized spacial score (nSPS) is 27.9. The number of methoxy groups -OCH3 is 1. The van der Waals surface area contributed by atoms with Gasteiger partial charge in [0.05, 0.1) is 13.7 Å². The Kier molecular flexibility index (Phi) is 3.45. The van der Waals surface area contributed by atoms with Crippen molar-refractivity contribution in [1.82, 2.24) is 0 Å². The Morgan fingerprint density at radius 2 is 2.43 bits per heavy atom. The molecule has 0 amide bonds. The summed E-state index contributed by atoms with van der Waals surface area (Å²) in [6.07, 6.45) is -2.24. The maximum Gasteiger partial charge on any atom is 0.373 e. The number of carbonyl (C=O) groups is 1. The van der Waals surface area contributed by atoms with E-state index >= 15 is 0 Å². The molecule has 3 N–H and O–H groups in total.